The molecule has 0 fully saturated rings. The third kappa shape index (κ3) is 4.55. The van der Waals surface area contributed by atoms with Crippen molar-refractivity contribution < 1.29 is 13.9 Å². The maximum atomic E-state index is 13.6. The van der Waals surface area contributed by atoms with Gasteiger partial charge in [-0.25, -0.2) is 9.82 Å². The minimum absolute atomic E-state index is 0.0198. The Kier molecular flexibility index (Phi) is 6.60. The van der Waals surface area contributed by atoms with E-state index < -0.39 is 0 Å². The van der Waals surface area contributed by atoms with Crippen LogP contribution in [0.1, 0.15) is 40.9 Å². The third-order valence-corrected chi connectivity index (χ3v) is 6.07. The number of hydrogen-bond donors (Lipinski definition) is 2. The quantitative estimate of drug-likeness (QED) is 0.663. The number of nitrogens with one attached hydrogen (secondary N) is 1. The Labute approximate surface area is 188 Å². The largest absolute Gasteiger partial charge is 0.374 e. The lowest BCUT2D eigenvalue weighted by Crippen LogP contribution is -2.42. The highest BCUT2D eigenvalue weighted by Crippen LogP contribution is 2.32. The zero-order chi connectivity index (χ0) is 22.8. The van der Waals surface area contributed by atoms with E-state index in [4.69, 9.17) is 10.5 Å². The number of carbonyl (C=O) groups is 1. The van der Waals surface area contributed by atoms with Gasteiger partial charge in [0.05, 0.1) is 18.4 Å². The molecule has 0 unspecified atom stereocenters. The van der Waals surface area contributed by atoms with Crippen LogP contribution in [0.3, 0.4) is 0 Å². The van der Waals surface area contributed by atoms with Crippen LogP contribution >= 0.6 is 0 Å². The van der Waals surface area contributed by atoms with Crippen LogP contribution in [0.15, 0.2) is 48.0 Å². The summed E-state index contributed by atoms with van der Waals surface area (Å²) >= 11 is 0. The molecule has 4 rings (SSSR count). The van der Waals surface area contributed by atoms with Gasteiger partial charge in [0, 0.05) is 38.3 Å². The first-order chi connectivity index (χ1) is 15.4. The van der Waals surface area contributed by atoms with E-state index in [1.165, 1.54) is 17.7 Å². The van der Waals surface area contributed by atoms with Crippen molar-refractivity contribution in [2.75, 3.05) is 26.7 Å². The van der Waals surface area contributed by atoms with Crippen molar-refractivity contribution in [2.45, 2.75) is 39.0 Å². The molecule has 2 aliphatic rings. The number of fused-ring (bicyclic) bond motifs is 1. The van der Waals surface area contributed by atoms with Crippen LogP contribution in [-0.2, 0) is 17.7 Å². The lowest BCUT2D eigenvalue weighted by Gasteiger charge is -2.26. The zero-order valence-corrected chi connectivity index (χ0v) is 18.9. The number of ether oxygens (including phenoxy) is 1. The van der Waals surface area contributed by atoms with E-state index in [1.807, 2.05) is 49.0 Å². The van der Waals surface area contributed by atoms with Crippen molar-refractivity contribution in [2.24, 2.45) is 5.73 Å². The van der Waals surface area contributed by atoms with Gasteiger partial charge in [0.15, 0.2) is 0 Å². The van der Waals surface area contributed by atoms with Gasteiger partial charge in [0.2, 0.25) is 0 Å². The highest BCUT2D eigenvalue weighted by molar-refractivity contribution is 5.99. The first-order valence-corrected chi connectivity index (χ1v) is 11.1. The second kappa shape index (κ2) is 9.40. The molecular weight excluding hydrogens is 407 g/mol. The minimum atomic E-state index is -0.279. The van der Waals surface area contributed by atoms with Gasteiger partial charge in [-0.1, -0.05) is 18.2 Å². The van der Waals surface area contributed by atoms with E-state index in [2.05, 4.69) is 11.5 Å². The fourth-order valence-electron chi connectivity index (χ4n) is 4.44. The molecule has 2 aromatic rings. The molecule has 0 radical (unpaired) electrons. The fraction of sp³-hybridized carbons (Fsp3) is 0.400. The number of nitrogens with two attached hydrogens (primary N) is 1. The van der Waals surface area contributed by atoms with Crippen LogP contribution in [0.4, 0.5) is 4.39 Å². The van der Waals surface area contributed by atoms with Gasteiger partial charge in [-0.2, -0.15) is 0 Å². The zero-order valence-electron chi connectivity index (χ0n) is 18.9. The number of benzene rings is 2. The first kappa shape index (κ1) is 22.5. The predicted octanol–water partition coefficient (Wildman–Crippen LogP) is 2.94. The molecule has 2 aliphatic heterocycles. The average molecular weight is 439 g/mol. The predicted molar refractivity (Wildman–Crippen MR) is 123 cm³/mol. The summed E-state index contributed by atoms with van der Waals surface area (Å²) in [7, 11) is 1.99. The molecule has 1 amide bonds. The van der Waals surface area contributed by atoms with Gasteiger partial charge >= 0.3 is 0 Å². The van der Waals surface area contributed by atoms with Gasteiger partial charge in [-0.15, -0.1) is 0 Å². The molecule has 2 heterocycles. The first-order valence-electron chi connectivity index (χ1n) is 11.1. The second-order valence-corrected chi connectivity index (χ2v) is 8.73. The molecule has 170 valence electrons. The van der Waals surface area contributed by atoms with Gasteiger partial charge in [-0.05, 0) is 66.8 Å². The molecule has 0 aromatic heterocycles. The highest BCUT2D eigenvalue weighted by atomic mass is 19.1. The molecule has 0 saturated carbocycles. The van der Waals surface area contributed by atoms with Crippen molar-refractivity contribution >= 4 is 11.6 Å². The van der Waals surface area contributed by atoms with Crippen molar-refractivity contribution in [1.29, 1.82) is 0 Å². The van der Waals surface area contributed by atoms with Crippen LogP contribution < -0.4 is 11.2 Å². The smallest absolute Gasteiger partial charge is 0.254 e. The topological polar surface area (TPSA) is 70.8 Å². The number of hydrazine groups is 1. The molecule has 3 N–H and O–H groups in total. The maximum Gasteiger partial charge on any atom is 0.254 e. The van der Waals surface area contributed by atoms with Crippen LogP contribution in [0.25, 0.3) is 5.70 Å². The van der Waals surface area contributed by atoms with E-state index >= 15 is 0 Å². The molecule has 0 bridgehead atoms. The maximum absolute atomic E-state index is 13.6. The summed E-state index contributed by atoms with van der Waals surface area (Å²) in [5.74, 6) is -0.299. The van der Waals surface area contributed by atoms with E-state index in [0.717, 1.165) is 28.9 Å². The Morgan fingerprint density at radius 1 is 1.22 bits per heavy atom. The summed E-state index contributed by atoms with van der Waals surface area (Å²) in [6.45, 7) is 6.18. The van der Waals surface area contributed by atoms with E-state index in [1.54, 1.807) is 6.07 Å². The molecule has 0 spiro atoms. The Hall–Kier alpha value is -2.74. The van der Waals surface area contributed by atoms with E-state index in [9.17, 15) is 9.18 Å². The standard InChI is InChI=1S/C25H31FN4O2/c1-16(2)32-15-20-13-28-29(3)24(20)18-7-8-23-19(11-18)14-30(25(23)31)22(12-27)10-17-5-4-6-21(26)9-17/h4-9,11,16,22,28H,10,12-15,27H2,1-3H3/t22-/m0/s1. The molecule has 7 heteroatoms. The molecule has 0 aliphatic carbocycles. The minimum Gasteiger partial charge on any atom is -0.374 e. The van der Waals surface area contributed by atoms with E-state index in [0.29, 0.717) is 31.7 Å². The Morgan fingerprint density at radius 3 is 2.75 bits per heavy atom. The summed E-state index contributed by atoms with van der Waals surface area (Å²) in [6, 6.07) is 12.3. The molecule has 0 saturated heterocycles. The van der Waals surface area contributed by atoms with Gasteiger partial charge < -0.3 is 20.4 Å². The lowest BCUT2D eigenvalue weighted by molar-refractivity contribution is 0.0708. The number of halogens is 1. The monoisotopic (exact) mass is 438 g/mol. The summed E-state index contributed by atoms with van der Waals surface area (Å²) < 4.78 is 19.4. The van der Waals surface area contributed by atoms with Crippen molar-refractivity contribution in [3.63, 3.8) is 0 Å². The SMILES string of the molecule is CC(C)OCC1=C(c2ccc3c(c2)CN([C@H](CN)Cc2cccc(F)c2)C3=O)N(C)NC1. The van der Waals surface area contributed by atoms with Crippen molar-refractivity contribution in [3.05, 3.63) is 76.1 Å². The Bertz CT molecular complexity index is 1040. The Balaban J connectivity index is 1.57. The molecule has 2 aromatic carbocycles. The number of hydrogen-bond acceptors (Lipinski definition) is 5. The van der Waals surface area contributed by atoms with Crippen LogP contribution in [0, 0.1) is 5.82 Å². The summed E-state index contributed by atoms with van der Waals surface area (Å²) in [5, 5.41) is 2.02. The summed E-state index contributed by atoms with van der Waals surface area (Å²) in [4.78, 5) is 14.9. The number of carbonyl (C=O) groups excluding carboxylic acids is 1. The molecular formula is C25H31FN4O2. The van der Waals surface area contributed by atoms with Crippen LogP contribution in [0.2, 0.25) is 0 Å². The van der Waals surface area contributed by atoms with Crippen molar-refractivity contribution in [1.82, 2.24) is 15.3 Å². The van der Waals surface area contributed by atoms with Gasteiger partial charge in [0.1, 0.15) is 5.82 Å². The van der Waals surface area contributed by atoms with E-state index in [-0.39, 0.29) is 23.9 Å². The lowest BCUT2D eigenvalue weighted by atomic mass is 10.0. The highest BCUT2D eigenvalue weighted by Gasteiger charge is 2.33. The fourth-order valence-corrected chi connectivity index (χ4v) is 4.44. The van der Waals surface area contributed by atoms with Crippen molar-refractivity contribution in [3.8, 4) is 0 Å². The normalized spacial score (nSPS) is 17.0. The molecule has 6 nitrogen and oxygen atoms in total. The van der Waals surface area contributed by atoms with Gasteiger partial charge in [-0.3, -0.25) is 4.79 Å². The van der Waals surface area contributed by atoms with Crippen LogP contribution in [0.5, 0.6) is 0 Å². The molecule has 1 atom stereocenters. The number of nitrogens with zero attached hydrogens (tertiary/aromatic N) is 2. The summed E-state index contributed by atoms with van der Waals surface area (Å²) in [6.07, 6.45) is 0.683. The van der Waals surface area contributed by atoms with Gasteiger partial charge in [0.25, 0.3) is 5.91 Å². The van der Waals surface area contributed by atoms with Crippen LogP contribution in [-0.4, -0.2) is 54.7 Å². The number of rotatable bonds is 8. The second-order valence-electron chi connectivity index (χ2n) is 8.73. The average Bonchev–Trinajstić information content (AvgIpc) is 3.29. The Morgan fingerprint density at radius 2 is 2.03 bits per heavy atom. The number of amides is 1. The third-order valence-electron chi connectivity index (χ3n) is 6.07. The summed E-state index contributed by atoms with van der Waals surface area (Å²) in [5.41, 5.74) is 15.2. The molecule has 32 heavy (non-hydrogen) atoms.